The molecule has 0 bridgehead atoms. The standard InChI is InChI=1S/C29H23NSe/c1-29(2,3)24-17-20(16-19-8-4-5-11-21(19)24)27-28-23(14-15-30-27)22-12-6-9-18-10-7-13-25(31-28)26(18)22/h4-17H,1-3H3. The first kappa shape index (κ1) is 18.8. The van der Waals surface area contributed by atoms with Crippen molar-refractivity contribution in [1.82, 2.24) is 4.98 Å². The van der Waals surface area contributed by atoms with Gasteiger partial charge in [0.1, 0.15) is 0 Å². The van der Waals surface area contributed by atoms with Crippen LogP contribution in [0.5, 0.6) is 0 Å². The van der Waals surface area contributed by atoms with Crippen molar-refractivity contribution in [1.29, 1.82) is 0 Å². The zero-order chi connectivity index (χ0) is 21.2. The second kappa shape index (κ2) is 6.79. The molecule has 1 aliphatic heterocycles. The van der Waals surface area contributed by atoms with Crippen molar-refractivity contribution in [3.8, 4) is 22.4 Å². The first-order valence-electron chi connectivity index (χ1n) is 10.7. The van der Waals surface area contributed by atoms with Gasteiger partial charge in [0, 0.05) is 0 Å². The van der Waals surface area contributed by atoms with Gasteiger partial charge in [-0.05, 0) is 0 Å². The van der Waals surface area contributed by atoms with E-state index in [2.05, 4.69) is 99.6 Å². The number of hydrogen-bond acceptors (Lipinski definition) is 1. The number of fused-ring (bicyclic) bond motifs is 3. The van der Waals surface area contributed by atoms with Crippen molar-refractivity contribution in [2.24, 2.45) is 0 Å². The SMILES string of the molecule is CC(C)(C)c1cc(-c2nccc3c2[Se]c2cccc4cccc-3c24)cc2ccccc12. The van der Waals surface area contributed by atoms with E-state index in [1.54, 1.807) is 0 Å². The van der Waals surface area contributed by atoms with Gasteiger partial charge in [-0.15, -0.1) is 0 Å². The third-order valence-electron chi connectivity index (χ3n) is 6.22. The van der Waals surface area contributed by atoms with E-state index in [0.29, 0.717) is 0 Å². The molecule has 31 heavy (non-hydrogen) atoms. The van der Waals surface area contributed by atoms with E-state index in [-0.39, 0.29) is 20.4 Å². The average Bonchev–Trinajstić information content (AvgIpc) is 2.78. The Hall–Kier alpha value is -2.93. The summed E-state index contributed by atoms with van der Waals surface area (Å²) in [5, 5.41) is 5.38. The van der Waals surface area contributed by atoms with E-state index in [0.717, 1.165) is 5.69 Å². The first-order valence-corrected chi connectivity index (χ1v) is 12.4. The van der Waals surface area contributed by atoms with Crippen LogP contribution in [0, 0.1) is 0 Å². The first-order chi connectivity index (χ1) is 15.0. The second-order valence-electron chi connectivity index (χ2n) is 9.29. The van der Waals surface area contributed by atoms with E-state index in [1.165, 1.54) is 52.7 Å². The summed E-state index contributed by atoms with van der Waals surface area (Å²) in [4.78, 5) is 4.94. The van der Waals surface area contributed by atoms with E-state index in [1.807, 2.05) is 6.20 Å². The third-order valence-corrected chi connectivity index (χ3v) is 8.69. The Morgan fingerprint density at radius 2 is 1.52 bits per heavy atom. The van der Waals surface area contributed by atoms with Gasteiger partial charge in [0.25, 0.3) is 0 Å². The Labute approximate surface area is 189 Å². The van der Waals surface area contributed by atoms with Gasteiger partial charge in [0.05, 0.1) is 0 Å². The molecule has 0 saturated heterocycles. The Morgan fingerprint density at radius 1 is 0.742 bits per heavy atom. The number of benzene rings is 4. The van der Waals surface area contributed by atoms with Crippen molar-refractivity contribution in [3.05, 3.63) is 90.6 Å². The van der Waals surface area contributed by atoms with Crippen LogP contribution in [0.2, 0.25) is 0 Å². The summed E-state index contributed by atoms with van der Waals surface area (Å²) in [6, 6.07) is 29.0. The molecule has 0 atom stereocenters. The number of pyridine rings is 1. The van der Waals surface area contributed by atoms with Crippen LogP contribution in [0.15, 0.2) is 85.1 Å². The molecule has 150 valence electrons. The van der Waals surface area contributed by atoms with Gasteiger partial charge in [-0.3, -0.25) is 0 Å². The third kappa shape index (κ3) is 2.94. The topological polar surface area (TPSA) is 12.9 Å². The van der Waals surface area contributed by atoms with Gasteiger partial charge in [-0.25, -0.2) is 0 Å². The molecular weight excluding hydrogens is 441 g/mol. The zero-order valence-corrected chi connectivity index (χ0v) is 19.7. The number of nitrogens with zero attached hydrogens (tertiary/aromatic N) is 1. The zero-order valence-electron chi connectivity index (χ0n) is 17.9. The Kier molecular flexibility index (Phi) is 4.12. The Morgan fingerprint density at radius 3 is 2.35 bits per heavy atom. The van der Waals surface area contributed by atoms with Crippen LogP contribution in [0.4, 0.5) is 0 Å². The van der Waals surface area contributed by atoms with Gasteiger partial charge in [-0.1, -0.05) is 0 Å². The number of rotatable bonds is 1. The summed E-state index contributed by atoms with van der Waals surface area (Å²) in [5.41, 5.74) is 6.50. The molecule has 0 N–H and O–H groups in total. The maximum absolute atomic E-state index is 4.94. The van der Waals surface area contributed by atoms with Crippen molar-refractivity contribution in [2.45, 2.75) is 26.2 Å². The van der Waals surface area contributed by atoms with Gasteiger partial charge in [-0.2, -0.15) is 0 Å². The molecule has 5 aromatic rings. The van der Waals surface area contributed by atoms with Gasteiger partial charge in [0.2, 0.25) is 0 Å². The molecule has 2 heterocycles. The Balaban J connectivity index is 1.65. The van der Waals surface area contributed by atoms with Crippen LogP contribution < -0.4 is 8.92 Å². The monoisotopic (exact) mass is 465 g/mol. The van der Waals surface area contributed by atoms with E-state index in [9.17, 15) is 0 Å². The molecule has 0 unspecified atom stereocenters. The van der Waals surface area contributed by atoms with Gasteiger partial charge < -0.3 is 0 Å². The van der Waals surface area contributed by atoms with Crippen LogP contribution in [0.3, 0.4) is 0 Å². The number of hydrogen-bond donors (Lipinski definition) is 0. The average molecular weight is 464 g/mol. The van der Waals surface area contributed by atoms with Crippen LogP contribution in [-0.2, 0) is 5.41 Å². The Bertz CT molecular complexity index is 1490. The van der Waals surface area contributed by atoms with Crippen LogP contribution >= 0.6 is 0 Å². The summed E-state index contributed by atoms with van der Waals surface area (Å²) in [6.07, 6.45) is 1.99. The summed E-state index contributed by atoms with van der Waals surface area (Å²) < 4.78 is 2.86. The summed E-state index contributed by atoms with van der Waals surface area (Å²) in [6.45, 7) is 6.90. The summed E-state index contributed by atoms with van der Waals surface area (Å²) >= 11 is 0.223. The fourth-order valence-electron chi connectivity index (χ4n) is 4.76. The molecule has 0 saturated carbocycles. The van der Waals surface area contributed by atoms with Gasteiger partial charge in [0.15, 0.2) is 0 Å². The molecule has 0 spiro atoms. The molecule has 0 radical (unpaired) electrons. The molecule has 0 fully saturated rings. The van der Waals surface area contributed by atoms with Crippen molar-refractivity contribution in [2.75, 3.05) is 0 Å². The molecule has 2 heteroatoms. The molecule has 0 amide bonds. The predicted octanol–water partition coefficient (Wildman–Crippen LogP) is 5.99. The van der Waals surface area contributed by atoms with E-state index in [4.69, 9.17) is 4.98 Å². The summed E-state index contributed by atoms with van der Waals surface area (Å²) in [5.74, 6) is 0. The fraction of sp³-hybridized carbons (Fsp3) is 0.138. The minimum atomic E-state index is 0.0633. The quantitative estimate of drug-likeness (QED) is 0.273. The van der Waals surface area contributed by atoms with Crippen LogP contribution in [0.25, 0.3) is 43.9 Å². The minimum absolute atomic E-state index is 0.0633. The molecule has 1 aliphatic rings. The maximum atomic E-state index is 4.94. The molecular formula is C29H23NSe. The second-order valence-corrected chi connectivity index (χ2v) is 11.5. The fourth-order valence-corrected chi connectivity index (χ4v) is 7.39. The summed E-state index contributed by atoms with van der Waals surface area (Å²) in [7, 11) is 0. The van der Waals surface area contributed by atoms with Crippen molar-refractivity contribution >= 4 is 45.4 Å². The van der Waals surface area contributed by atoms with Crippen LogP contribution in [-0.4, -0.2) is 19.9 Å². The number of aromatic nitrogens is 1. The molecule has 0 aliphatic carbocycles. The van der Waals surface area contributed by atoms with Crippen LogP contribution in [0.1, 0.15) is 26.3 Å². The van der Waals surface area contributed by atoms with Crippen molar-refractivity contribution < 1.29 is 0 Å². The predicted molar refractivity (Wildman–Crippen MR) is 134 cm³/mol. The molecule has 6 rings (SSSR count). The van der Waals surface area contributed by atoms with Crippen molar-refractivity contribution in [3.63, 3.8) is 0 Å². The molecule has 1 aromatic heterocycles. The van der Waals surface area contributed by atoms with E-state index >= 15 is 0 Å². The van der Waals surface area contributed by atoms with Gasteiger partial charge >= 0.3 is 190 Å². The molecule has 1 nitrogen and oxygen atoms in total. The normalized spacial score (nSPS) is 12.9. The molecule has 4 aromatic carbocycles. The van der Waals surface area contributed by atoms with E-state index < -0.39 is 0 Å².